The molecule has 1 atom stereocenters. The van der Waals surface area contributed by atoms with Gasteiger partial charge in [-0.15, -0.1) is 0 Å². The van der Waals surface area contributed by atoms with Crippen molar-refractivity contribution in [3.8, 4) is 17.1 Å². The number of carbonyl (C=O) groups excluding carboxylic acids is 3. The fraction of sp³-hybridized carbons (Fsp3) is 0.345. The SMILES string of the molecule is C=CC(=O)OCCCC(=O)Oc1ccc2nc3c(c(CC)c2c1)Cn1c-3cc2c(c1=O)COC(=O)[C@]2(O)CC. The summed E-state index contributed by atoms with van der Waals surface area (Å²) >= 11 is 0. The molecule has 0 radical (unpaired) electrons. The number of fused-ring (bicyclic) bond motifs is 5. The average molecular weight is 533 g/mol. The molecule has 0 saturated carbocycles. The number of rotatable bonds is 8. The molecule has 0 amide bonds. The summed E-state index contributed by atoms with van der Waals surface area (Å²) in [4.78, 5) is 54.1. The Kier molecular flexibility index (Phi) is 6.82. The van der Waals surface area contributed by atoms with Crippen LogP contribution >= 0.6 is 0 Å². The maximum atomic E-state index is 13.5. The third-order valence-corrected chi connectivity index (χ3v) is 7.30. The molecule has 0 fully saturated rings. The van der Waals surface area contributed by atoms with Crippen molar-refractivity contribution in [1.82, 2.24) is 9.55 Å². The first kappa shape index (κ1) is 26.3. The average Bonchev–Trinajstić information content (AvgIpc) is 3.30. The number of pyridine rings is 2. The Morgan fingerprint density at radius 1 is 1.23 bits per heavy atom. The summed E-state index contributed by atoms with van der Waals surface area (Å²) in [6, 6.07) is 6.85. The highest BCUT2D eigenvalue weighted by Crippen LogP contribution is 2.40. The van der Waals surface area contributed by atoms with E-state index in [1.807, 2.05) is 6.92 Å². The normalized spacial score (nSPS) is 17.2. The fourth-order valence-electron chi connectivity index (χ4n) is 5.24. The second-order valence-electron chi connectivity index (χ2n) is 9.50. The van der Waals surface area contributed by atoms with E-state index in [2.05, 4.69) is 6.58 Å². The largest absolute Gasteiger partial charge is 0.463 e. The van der Waals surface area contributed by atoms with Crippen molar-refractivity contribution in [2.75, 3.05) is 6.61 Å². The van der Waals surface area contributed by atoms with Gasteiger partial charge in [0, 0.05) is 29.0 Å². The lowest BCUT2D eigenvalue weighted by Crippen LogP contribution is -2.44. The maximum absolute atomic E-state index is 13.5. The summed E-state index contributed by atoms with van der Waals surface area (Å²) in [5, 5.41) is 11.9. The third kappa shape index (κ3) is 4.40. The van der Waals surface area contributed by atoms with E-state index in [9.17, 15) is 24.3 Å². The molecule has 2 aromatic heterocycles. The second kappa shape index (κ2) is 10.1. The van der Waals surface area contributed by atoms with E-state index in [1.165, 1.54) is 0 Å². The van der Waals surface area contributed by atoms with Gasteiger partial charge in [0.15, 0.2) is 5.60 Å². The summed E-state index contributed by atoms with van der Waals surface area (Å²) in [7, 11) is 0. The number of benzene rings is 1. The molecule has 1 aromatic carbocycles. The van der Waals surface area contributed by atoms with Crippen LogP contribution in [0, 0.1) is 0 Å². The molecule has 2 aliphatic heterocycles. The van der Waals surface area contributed by atoms with Crippen LogP contribution in [-0.4, -0.2) is 39.2 Å². The molecule has 0 bridgehead atoms. The minimum Gasteiger partial charge on any atom is -0.463 e. The van der Waals surface area contributed by atoms with Crippen LogP contribution in [0.4, 0.5) is 0 Å². The topological polar surface area (TPSA) is 134 Å². The lowest BCUT2D eigenvalue weighted by molar-refractivity contribution is -0.172. The van der Waals surface area contributed by atoms with Gasteiger partial charge in [0.05, 0.1) is 35.6 Å². The van der Waals surface area contributed by atoms with Crippen molar-refractivity contribution >= 4 is 28.8 Å². The highest BCUT2D eigenvalue weighted by Gasteiger charge is 2.45. The number of esters is 3. The van der Waals surface area contributed by atoms with E-state index in [0.717, 1.165) is 22.6 Å². The first-order valence-electron chi connectivity index (χ1n) is 12.8. The van der Waals surface area contributed by atoms with E-state index in [0.29, 0.717) is 35.5 Å². The van der Waals surface area contributed by atoms with Gasteiger partial charge in [0.25, 0.3) is 5.56 Å². The molecule has 5 rings (SSSR count). The number of ether oxygens (including phenoxy) is 3. The first-order valence-corrected chi connectivity index (χ1v) is 12.8. The Bertz CT molecular complexity index is 1610. The standard InChI is InChI=1S/C29H28N2O8/c1-4-17-18-12-16(39-25(33)8-7-11-37-24(32)5-2)9-10-22(18)30-26-19(17)14-31-23(26)13-21-20(27(31)34)15-38-28(35)29(21,36)6-3/h5,9-10,12-13,36H,2,4,6-8,11,14-15H2,1,3H3/t29-/m0/s1. The van der Waals surface area contributed by atoms with Gasteiger partial charge in [-0.05, 0) is 49.1 Å². The summed E-state index contributed by atoms with van der Waals surface area (Å²) in [6.07, 6.45) is 2.16. The van der Waals surface area contributed by atoms with Crippen LogP contribution in [0.15, 0.2) is 41.7 Å². The van der Waals surface area contributed by atoms with Crippen molar-refractivity contribution in [1.29, 1.82) is 0 Å². The van der Waals surface area contributed by atoms with Crippen molar-refractivity contribution in [3.63, 3.8) is 0 Å². The summed E-state index contributed by atoms with van der Waals surface area (Å²) in [5.74, 6) is -1.40. The van der Waals surface area contributed by atoms with Crippen LogP contribution in [0.3, 0.4) is 0 Å². The lowest BCUT2D eigenvalue weighted by Gasteiger charge is -2.31. The second-order valence-corrected chi connectivity index (χ2v) is 9.50. The Balaban J connectivity index is 1.48. The van der Waals surface area contributed by atoms with Crippen LogP contribution in [0.2, 0.25) is 0 Å². The molecule has 10 heteroatoms. The van der Waals surface area contributed by atoms with Crippen LogP contribution in [0.1, 0.15) is 55.4 Å². The first-order chi connectivity index (χ1) is 18.7. The molecule has 10 nitrogen and oxygen atoms in total. The quantitative estimate of drug-likeness (QED) is 0.157. The number of hydrogen-bond acceptors (Lipinski definition) is 9. The molecule has 202 valence electrons. The van der Waals surface area contributed by atoms with Gasteiger partial charge < -0.3 is 23.9 Å². The Morgan fingerprint density at radius 3 is 2.74 bits per heavy atom. The smallest absolute Gasteiger partial charge is 0.343 e. The predicted molar refractivity (Wildman–Crippen MR) is 140 cm³/mol. The van der Waals surface area contributed by atoms with Crippen LogP contribution < -0.4 is 10.3 Å². The number of carbonyl (C=O) groups is 3. The zero-order valence-corrected chi connectivity index (χ0v) is 21.7. The molecule has 39 heavy (non-hydrogen) atoms. The molecule has 0 unspecified atom stereocenters. The van der Waals surface area contributed by atoms with E-state index >= 15 is 0 Å². The third-order valence-electron chi connectivity index (χ3n) is 7.30. The van der Waals surface area contributed by atoms with Crippen molar-refractivity contribution in [3.05, 3.63) is 69.5 Å². The predicted octanol–water partition coefficient (Wildman–Crippen LogP) is 3.06. The Labute approximate surface area is 223 Å². The zero-order chi connectivity index (χ0) is 27.9. The number of hydrogen-bond donors (Lipinski definition) is 1. The number of aliphatic hydroxyl groups is 1. The van der Waals surface area contributed by atoms with E-state index in [1.54, 1.807) is 35.8 Å². The summed E-state index contributed by atoms with van der Waals surface area (Å²) in [6.45, 7) is 7.17. The maximum Gasteiger partial charge on any atom is 0.343 e. The van der Waals surface area contributed by atoms with Crippen molar-refractivity contribution < 1.29 is 33.7 Å². The van der Waals surface area contributed by atoms with Crippen molar-refractivity contribution in [2.24, 2.45) is 0 Å². The minimum absolute atomic E-state index is 0.0708. The lowest BCUT2D eigenvalue weighted by atomic mass is 9.86. The Hall–Kier alpha value is -4.31. The fourth-order valence-corrected chi connectivity index (χ4v) is 5.24. The number of aryl methyl sites for hydroxylation is 1. The molecular weight excluding hydrogens is 504 g/mol. The minimum atomic E-state index is -1.89. The zero-order valence-electron chi connectivity index (χ0n) is 21.7. The van der Waals surface area contributed by atoms with E-state index in [-0.39, 0.29) is 49.3 Å². The highest BCUT2D eigenvalue weighted by atomic mass is 16.6. The van der Waals surface area contributed by atoms with Gasteiger partial charge in [-0.2, -0.15) is 0 Å². The molecule has 1 N–H and O–H groups in total. The van der Waals surface area contributed by atoms with Gasteiger partial charge in [-0.3, -0.25) is 9.59 Å². The summed E-state index contributed by atoms with van der Waals surface area (Å²) in [5.41, 5.74) is 1.98. The van der Waals surface area contributed by atoms with Crippen molar-refractivity contribution in [2.45, 2.75) is 58.3 Å². The van der Waals surface area contributed by atoms with Gasteiger partial charge in [-0.25, -0.2) is 14.6 Å². The number of aromatic nitrogens is 2. The Morgan fingerprint density at radius 2 is 2.03 bits per heavy atom. The molecule has 3 aromatic rings. The van der Waals surface area contributed by atoms with Crippen LogP contribution in [0.5, 0.6) is 5.75 Å². The monoisotopic (exact) mass is 532 g/mol. The molecule has 0 saturated heterocycles. The van der Waals surface area contributed by atoms with E-state index < -0.39 is 23.5 Å². The molecule has 4 heterocycles. The van der Waals surface area contributed by atoms with E-state index in [4.69, 9.17) is 19.2 Å². The van der Waals surface area contributed by atoms with Gasteiger partial charge in [0.1, 0.15) is 12.4 Å². The molecule has 2 aliphatic rings. The number of cyclic esters (lactones) is 1. The summed E-state index contributed by atoms with van der Waals surface area (Å²) < 4.78 is 17.1. The van der Waals surface area contributed by atoms with Gasteiger partial charge in [-0.1, -0.05) is 20.4 Å². The highest BCUT2D eigenvalue weighted by molar-refractivity contribution is 5.90. The van der Waals surface area contributed by atoms with Gasteiger partial charge >= 0.3 is 17.9 Å². The van der Waals surface area contributed by atoms with Crippen LogP contribution in [0.25, 0.3) is 22.3 Å². The number of nitrogens with zero attached hydrogens (tertiary/aromatic N) is 2. The van der Waals surface area contributed by atoms with Gasteiger partial charge in [0.2, 0.25) is 0 Å². The van der Waals surface area contributed by atoms with Crippen LogP contribution in [-0.2, 0) is 49.0 Å². The molecule has 0 aliphatic carbocycles. The molecular formula is C29H28N2O8. The molecule has 0 spiro atoms.